The number of hydrogen-bond acceptors (Lipinski definition) is 3. The van der Waals surface area contributed by atoms with Crippen LogP contribution in [0.15, 0.2) is 0 Å². The molecular weight excluding hydrogens is 300 g/mol. The van der Waals surface area contributed by atoms with Crippen molar-refractivity contribution in [2.75, 3.05) is 0 Å². The number of rotatable bonds is 15. The predicted molar refractivity (Wildman–Crippen MR) is 92.7 cm³/mol. The van der Waals surface area contributed by atoms with Gasteiger partial charge in [0.15, 0.2) is 0 Å². The summed E-state index contributed by atoms with van der Waals surface area (Å²) in [4.78, 5) is 0. The smallest absolute Gasteiger partial charge is 0.270 e. The van der Waals surface area contributed by atoms with E-state index < -0.39 is 21.5 Å². The average molecular weight is 337 g/mol. The summed E-state index contributed by atoms with van der Waals surface area (Å²) in [6.07, 6.45) is 12.1. The Morgan fingerprint density at radius 3 is 1.64 bits per heavy atom. The third-order valence-corrected chi connectivity index (χ3v) is 5.57. The first kappa shape index (κ1) is 21.9. The molecule has 5 heteroatoms. The molecule has 22 heavy (non-hydrogen) atoms. The maximum absolute atomic E-state index is 11.3. The number of unbranched alkanes of at least 4 members (excludes halogenated alkanes) is 9. The lowest BCUT2D eigenvalue weighted by Gasteiger charge is -2.20. The first-order valence-electron chi connectivity index (χ1n) is 9.07. The minimum atomic E-state index is -4.15. The summed E-state index contributed by atoms with van der Waals surface area (Å²) in [5.74, 6) is 0. The van der Waals surface area contributed by atoms with Gasteiger partial charge in [0.05, 0.1) is 6.10 Å². The van der Waals surface area contributed by atoms with E-state index in [1.807, 2.05) is 6.92 Å². The molecule has 0 bridgehead atoms. The van der Waals surface area contributed by atoms with Crippen molar-refractivity contribution in [3.63, 3.8) is 0 Å². The maximum Gasteiger partial charge on any atom is 0.270 e. The molecule has 0 saturated carbocycles. The van der Waals surface area contributed by atoms with E-state index in [4.69, 9.17) is 0 Å². The lowest BCUT2D eigenvalue weighted by Crippen LogP contribution is -2.33. The molecule has 2 atom stereocenters. The lowest BCUT2D eigenvalue weighted by atomic mass is 10.0. The van der Waals surface area contributed by atoms with Gasteiger partial charge in [0.25, 0.3) is 10.1 Å². The normalized spacial score (nSPS) is 14.9. The van der Waals surface area contributed by atoms with Crippen LogP contribution < -0.4 is 0 Å². The van der Waals surface area contributed by atoms with E-state index in [-0.39, 0.29) is 0 Å². The Labute approximate surface area is 137 Å². The van der Waals surface area contributed by atoms with Gasteiger partial charge in [-0.2, -0.15) is 8.42 Å². The van der Waals surface area contributed by atoms with Crippen LogP contribution in [0.25, 0.3) is 0 Å². The SMILES string of the molecule is CCCCCCCCCCCC(O)C(CCCC)S(=O)(=O)O. The van der Waals surface area contributed by atoms with Crippen LogP contribution in [0.2, 0.25) is 0 Å². The van der Waals surface area contributed by atoms with Crippen molar-refractivity contribution in [1.82, 2.24) is 0 Å². The van der Waals surface area contributed by atoms with E-state index in [1.165, 1.54) is 38.5 Å². The Hall–Kier alpha value is -0.130. The average Bonchev–Trinajstić information content (AvgIpc) is 2.44. The molecule has 0 aliphatic heterocycles. The first-order chi connectivity index (χ1) is 10.4. The number of aliphatic hydroxyl groups excluding tert-OH is 1. The summed E-state index contributed by atoms with van der Waals surface area (Å²) in [6, 6.07) is 0. The molecule has 0 radical (unpaired) electrons. The fourth-order valence-corrected chi connectivity index (χ4v) is 3.79. The highest BCUT2D eigenvalue weighted by atomic mass is 32.2. The van der Waals surface area contributed by atoms with Crippen LogP contribution in [0, 0.1) is 0 Å². The summed E-state index contributed by atoms with van der Waals surface area (Å²) < 4.78 is 31.9. The van der Waals surface area contributed by atoms with E-state index in [1.54, 1.807) is 0 Å². The van der Waals surface area contributed by atoms with E-state index in [0.29, 0.717) is 19.3 Å². The van der Waals surface area contributed by atoms with Crippen LogP contribution in [-0.4, -0.2) is 29.4 Å². The Morgan fingerprint density at radius 1 is 0.727 bits per heavy atom. The molecule has 0 rings (SSSR count). The van der Waals surface area contributed by atoms with Crippen molar-refractivity contribution < 1.29 is 18.1 Å². The van der Waals surface area contributed by atoms with Crippen molar-refractivity contribution in [1.29, 1.82) is 0 Å². The molecule has 4 nitrogen and oxygen atoms in total. The van der Waals surface area contributed by atoms with Crippen molar-refractivity contribution in [2.24, 2.45) is 0 Å². The largest absolute Gasteiger partial charge is 0.392 e. The Balaban J connectivity index is 3.79. The van der Waals surface area contributed by atoms with Crippen molar-refractivity contribution in [3.05, 3.63) is 0 Å². The van der Waals surface area contributed by atoms with Gasteiger partial charge in [0.1, 0.15) is 5.25 Å². The van der Waals surface area contributed by atoms with Gasteiger partial charge < -0.3 is 5.11 Å². The second kappa shape index (κ2) is 13.3. The number of hydrogen-bond donors (Lipinski definition) is 2. The maximum atomic E-state index is 11.3. The fraction of sp³-hybridized carbons (Fsp3) is 1.00. The molecule has 2 N–H and O–H groups in total. The Morgan fingerprint density at radius 2 is 1.18 bits per heavy atom. The van der Waals surface area contributed by atoms with Crippen LogP contribution in [0.1, 0.15) is 97.3 Å². The summed E-state index contributed by atoms with van der Waals surface area (Å²) in [5, 5.41) is 9.02. The summed E-state index contributed by atoms with van der Waals surface area (Å²) in [5.41, 5.74) is 0. The molecule has 0 amide bonds. The molecule has 0 saturated heterocycles. The zero-order valence-corrected chi connectivity index (χ0v) is 15.3. The fourth-order valence-electron chi connectivity index (χ4n) is 2.80. The monoisotopic (exact) mass is 336 g/mol. The van der Waals surface area contributed by atoms with Crippen LogP contribution in [0.4, 0.5) is 0 Å². The first-order valence-corrected chi connectivity index (χ1v) is 10.6. The molecule has 2 unspecified atom stereocenters. The highest BCUT2D eigenvalue weighted by Crippen LogP contribution is 2.19. The number of aliphatic hydroxyl groups is 1. The van der Waals surface area contributed by atoms with Gasteiger partial charge in [-0.1, -0.05) is 84.5 Å². The van der Waals surface area contributed by atoms with Crippen molar-refractivity contribution in [3.8, 4) is 0 Å². The van der Waals surface area contributed by atoms with Crippen LogP contribution in [0.3, 0.4) is 0 Å². The van der Waals surface area contributed by atoms with E-state index in [0.717, 1.165) is 25.7 Å². The van der Waals surface area contributed by atoms with Crippen molar-refractivity contribution in [2.45, 2.75) is 109 Å². The van der Waals surface area contributed by atoms with E-state index in [2.05, 4.69) is 6.92 Å². The summed E-state index contributed by atoms with van der Waals surface area (Å²) in [6.45, 7) is 4.18. The van der Waals surface area contributed by atoms with Gasteiger partial charge in [0.2, 0.25) is 0 Å². The zero-order valence-electron chi connectivity index (χ0n) is 14.5. The van der Waals surface area contributed by atoms with Gasteiger partial charge in [-0.15, -0.1) is 0 Å². The predicted octanol–water partition coefficient (Wildman–Crippen LogP) is 4.71. The third kappa shape index (κ3) is 11.4. The highest BCUT2D eigenvalue weighted by Gasteiger charge is 2.29. The molecule has 0 aromatic heterocycles. The van der Waals surface area contributed by atoms with E-state index in [9.17, 15) is 18.1 Å². The quantitative estimate of drug-likeness (QED) is 0.335. The molecule has 0 aliphatic rings. The second-order valence-corrected chi connectivity index (χ2v) is 8.02. The second-order valence-electron chi connectivity index (χ2n) is 6.38. The van der Waals surface area contributed by atoms with Gasteiger partial charge in [-0.05, 0) is 12.8 Å². The van der Waals surface area contributed by atoms with Crippen LogP contribution in [-0.2, 0) is 10.1 Å². The molecule has 0 aliphatic carbocycles. The molecule has 0 aromatic carbocycles. The Kier molecular flexibility index (Phi) is 13.2. The topological polar surface area (TPSA) is 74.6 Å². The standard InChI is InChI=1S/C17H36O4S/c1-3-5-7-8-9-10-11-12-13-14-16(18)17(15-6-4-2)22(19,20)21/h16-18H,3-15H2,1-2H3,(H,19,20,21). The summed E-state index contributed by atoms with van der Waals surface area (Å²) in [7, 11) is -4.15. The van der Waals surface area contributed by atoms with Gasteiger partial charge >= 0.3 is 0 Å². The van der Waals surface area contributed by atoms with E-state index >= 15 is 0 Å². The van der Waals surface area contributed by atoms with Crippen LogP contribution >= 0.6 is 0 Å². The lowest BCUT2D eigenvalue weighted by molar-refractivity contribution is 0.146. The van der Waals surface area contributed by atoms with Gasteiger partial charge in [-0.3, -0.25) is 4.55 Å². The molecule has 0 aromatic rings. The highest BCUT2D eigenvalue weighted by molar-refractivity contribution is 7.86. The zero-order chi connectivity index (χ0) is 16.8. The third-order valence-electron chi connectivity index (χ3n) is 4.26. The molecule has 134 valence electrons. The van der Waals surface area contributed by atoms with Gasteiger partial charge in [0, 0.05) is 0 Å². The summed E-state index contributed by atoms with van der Waals surface area (Å²) >= 11 is 0. The van der Waals surface area contributed by atoms with Crippen molar-refractivity contribution >= 4 is 10.1 Å². The van der Waals surface area contributed by atoms with Gasteiger partial charge in [-0.25, -0.2) is 0 Å². The molecule has 0 heterocycles. The molecular formula is C17H36O4S. The molecule has 0 spiro atoms. The minimum Gasteiger partial charge on any atom is -0.392 e. The molecule has 0 fully saturated rings. The Bertz CT molecular complexity index is 341. The minimum absolute atomic E-state index is 0.341. The van der Waals surface area contributed by atoms with Crippen LogP contribution in [0.5, 0.6) is 0 Å².